The number of hydrogen-bond donors (Lipinski definition) is 1. The first kappa shape index (κ1) is 33.1. The molecular formula is C28H30F6N5O4P. The van der Waals surface area contributed by atoms with Gasteiger partial charge in [-0.15, -0.1) is 0 Å². The predicted molar refractivity (Wildman–Crippen MR) is 152 cm³/mol. The molecular weight excluding hydrogens is 615 g/mol. The molecule has 0 aliphatic carbocycles. The first-order valence-electron chi connectivity index (χ1n) is 13.5. The van der Waals surface area contributed by atoms with Crippen molar-refractivity contribution in [3.8, 4) is 5.75 Å². The van der Waals surface area contributed by atoms with Crippen LogP contribution in [0.2, 0.25) is 0 Å². The Morgan fingerprint density at radius 3 is 2.34 bits per heavy atom. The summed E-state index contributed by atoms with van der Waals surface area (Å²) in [5, 5.41) is 1.54. The van der Waals surface area contributed by atoms with Gasteiger partial charge in [-0.2, -0.15) is 26.3 Å². The normalized spacial score (nSPS) is 14.5. The van der Waals surface area contributed by atoms with Gasteiger partial charge in [0.2, 0.25) is 11.1 Å². The van der Waals surface area contributed by atoms with E-state index in [-0.39, 0.29) is 49.8 Å². The molecule has 3 heterocycles. The van der Waals surface area contributed by atoms with Crippen molar-refractivity contribution < 1.29 is 40.6 Å². The summed E-state index contributed by atoms with van der Waals surface area (Å²) in [4.78, 5) is 32.6. The number of hydrogen-bond acceptors (Lipinski definition) is 8. The number of carbonyl (C=O) groups is 1. The molecule has 1 aliphatic rings. The molecule has 1 saturated heterocycles. The third kappa shape index (κ3) is 8.41. The van der Waals surface area contributed by atoms with Gasteiger partial charge in [0.05, 0.1) is 44.2 Å². The molecule has 1 amide bonds. The molecule has 9 nitrogen and oxygen atoms in total. The maximum atomic E-state index is 13.8. The number of anilines is 2. The smallest absolute Gasteiger partial charge is 0.422 e. The Morgan fingerprint density at radius 1 is 1.00 bits per heavy atom. The van der Waals surface area contributed by atoms with Crippen molar-refractivity contribution in [2.24, 2.45) is 0 Å². The van der Waals surface area contributed by atoms with Gasteiger partial charge in [-0.1, -0.05) is 30.3 Å². The minimum absolute atomic E-state index is 0.0171. The van der Waals surface area contributed by atoms with Crippen LogP contribution in [0.5, 0.6) is 5.75 Å². The number of pyridine rings is 1. The zero-order valence-corrected chi connectivity index (χ0v) is 24.5. The third-order valence-corrected chi connectivity index (χ3v) is 8.59. The molecule has 44 heavy (non-hydrogen) atoms. The monoisotopic (exact) mass is 645 g/mol. The topological polar surface area (TPSA) is 96.9 Å². The Labute approximate surface area is 249 Å². The molecule has 3 aromatic rings. The van der Waals surface area contributed by atoms with E-state index >= 15 is 0 Å². The van der Waals surface area contributed by atoms with E-state index in [1.165, 1.54) is 7.11 Å². The molecule has 1 atom stereocenters. The largest absolute Gasteiger partial charge is 0.493 e. The highest BCUT2D eigenvalue weighted by molar-refractivity contribution is 7.43. The van der Waals surface area contributed by atoms with Gasteiger partial charge in [0.25, 0.3) is 0 Å². The van der Waals surface area contributed by atoms with Crippen LogP contribution in [0.25, 0.3) is 0 Å². The second-order valence-electron chi connectivity index (χ2n) is 9.78. The molecule has 0 radical (unpaired) electrons. The van der Waals surface area contributed by atoms with E-state index < -0.39 is 42.0 Å². The quantitative estimate of drug-likeness (QED) is 0.228. The number of halogens is 6. The van der Waals surface area contributed by atoms with Crippen molar-refractivity contribution in [3.05, 3.63) is 75.4 Å². The van der Waals surface area contributed by atoms with Gasteiger partial charge in [-0.25, -0.2) is 9.73 Å². The number of ether oxygens (including phenoxy) is 2. The molecule has 0 bridgehead atoms. The van der Waals surface area contributed by atoms with Crippen LogP contribution < -0.4 is 20.1 Å². The van der Waals surface area contributed by atoms with Crippen molar-refractivity contribution >= 4 is 25.1 Å². The summed E-state index contributed by atoms with van der Waals surface area (Å²) in [5.74, 6) is 0.0325. The third-order valence-electron chi connectivity index (χ3n) is 6.84. The molecule has 4 rings (SSSR count). The zero-order valence-electron chi connectivity index (χ0n) is 23.6. The average Bonchev–Trinajstić information content (AvgIpc) is 2.99. The minimum Gasteiger partial charge on any atom is -0.493 e. The number of amides is 1. The number of aromatic nitrogens is 2. The van der Waals surface area contributed by atoms with Crippen LogP contribution in [0, 0.1) is 0 Å². The molecule has 1 N–H and O–H groups in total. The molecule has 1 fully saturated rings. The molecule has 1 unspecified atom stereocenters. The number of methoxy groups -OCH3 is 1. The fourth-order valence-corrected chi connectivity index (χ4v) is 6.24. The second kappa shape index (κ2) is 14.3. The van der Waals surface area contributed by atoms with Gasteiger partial charge in [-0.3, -0.25) is 9.59 Å². The van der Waals surface area contributed by atoms with Gasteiger partial charge in [-0.05, 0) is 11.6 Å². The van der Waals surface area contributed by atoms with Crippen LogP contribution in [0.4, 0.5) is 37.8 Å². The van der Waals surface area contributed by atoms with Crippen molar-refractivity contribution in [2.75, 3.05) is 63.3 Å². The molecule has 0 spiro atoms. The van der Waals surface area contributed by atoms with Crippen molar-refractivity contribution in [1.29, 1.82) is 0 Å². The molecule has 1 aromatic carbocycles. The fourth-order valence-electron chi connectivity index (χ4n) is 4.59. The van der Waals surface area contributed by atoms with Crippen LogP contribution in [-0.2, 0) is 28.0 Å². The molecule has 1 aliphatic heterocycles. The summed E-state index contributed by atoms with van der Waals surface area (Å²) in [5.41, 5.74) is -1.87. The van der Waals surface area contributed by atoms with E-state index in [0.29, 0.717) is 26.2 Å². The van der Waals surface area contributed by atoms with E-state index in [0.717, 1.165) is 24.0 Å². The zero-order chi connectivity index (χ0) is 31.9. The summed E-state index contributed by atoms with van der Waals surface area (Å²) in [6.45, 7) is 1.23. The molecule has 2 aromatic heterocycles. The standard InChI is InChI=1S/C28H30F6N5O4P/c1-42-22-15-20(27(29,30)31)16-36-25(22)39-11-9-38(10-12-39)23(40)7-13-43-14-8-35-21-17-37-44(18-19-5-3-2-4-6-19)26(41)24(21)28(32,33)34/h2-6,15-17,35H,7-14,18H2,1H3. The van der Waals surface area contributed by atoms with E-state index in [4.69, 9.17) is 9.47 Å². The summed E-state index contributed by atoms with van der Waals surface area (Å²) < 4.78 is 94.9. The number of nitrogens with zero attached hydrogens (tertiary/aromatic N) is 4. The SMILES string of the molecule is COc1cc(C(F)(F)F)cnc1N1CCN(C(=O)CCOCCNc2cnp(Cc3ccccc3)c(=O)c2C(F)(F)F)CC1. The minimum atomic E-state index is -4.85. The maximum Gasteiger partial charge on any atom is 0.422 e. The predicted octanol–water partition coefficient (Wildman–Crippen LogP) is 5.09. The number of alkyl halides is 6. The van der Waals surface area contributed by atoms with Crippen molar-refractivity contribution in [2.45, 2.75) is 24.9 Å². The van der Waals surface area contributed by atoms with Gasteiger partial charge in [0.15, 0.2) is 11.6 Å². The van der Waals surface area contributed by atoms with Crippen LogP contribution in [0.15, 0.2) is 53.6 Å². The van der Waals surface area contributed by atoms with Gasteiger partial charge < -0.3 is 24.6 Å². The van der Waals surface area contributed by atoms with Crippen LogP contribution >= 0.6 is 7.69 Å². The van der Waals surface area contributed by atoms with Crippen LogP contribution in [0.1, 0.15) is 23.1 Å². The first-order valence-corrected chi connectivity index (χ1v) is 15.0. The van der Waals surface area contributed by atoms with Crippen LogP contribution in [0.3, 0.4) is 0 Å². The van der Waals surface area contributed by atoms with E-state index in [2.05, 4.69) is 15.0 Å². The number of benzene rings is 1. The maximum absolute atomic E-state index is 13.8. The van der Waals surface area contributed by atoms with Crippen molar-refractivity contribution in [3.63, 3.8) is 0 Å². The molecule has 238 valence electrons. The summed E-state index contributed by atoms with van der Waals surface area (Å²) >= 11 is 0. The van der Waals surface area contributed by atoms with Crippen molar-refractivity contribution in [1.82, 2.24) is 14.6 Å². The Morgan fingerprint density at radius 2 is 1.70 bits per heavy atom. The lowest BCUT2D eigenvalue weighted by atomic mass is 10.2. The number of rotatable bonds is 11. The van der Waals surface area contributed by atoms with Gasteiger partial charge >= 0.3 is 12.4 Å². The summed E-state index contributed by atoms with van der Waals surface area (Å²) in [6, 6.07) is 9.61. The highest BCUT2D eigenvalue weighted by atomic mass is 31.1. The molecule has 0 saturated carbocycles. The Balaban J connectivity index is 1.22. The van der Waals surface area contributed by atoms with E-state index in [9.17, 15) is 35.9 Å². The number of piperazine rings is 1. The van der Waals surface area contributed by atoms with E-state index in [1.807, 2.05) is 0 Å². The average molecular weight is 646 g/mol. The van der Waals surface area contributed by atoms with Gasteiger partial charge in [0, 0.05) is 52.8 Å². The summed E-state index contributed by atoms with van der Waals surface area (Å²) in [7, 11) is -0.659. The van der Waals surface area contributed by atoms with Crippen LogP contribution in [-0.4, -0.2) is 73.6 Å². The molecule has 16 heteroatoms. The fraction of sp³-hybridized carbons (Fsp3) is 0.429. The second-order valence-corrected chi connectivity index (χ2v) is 11.5. The Hall–Kier alpha value is -3.84. The lowest BCUT2D eigenvalue weighted by molar-refractivity contribution is -0.138. The highest BCUT2D eigenvalue weighted by Crippen LogP contribution is 2.37. The number of nitrogens with one attached hydrogen (secondary N) is 1. The number of carbonyl (C=O) groups excluding carboxylic acids is 1. The lowest BCUT2D eigenvalue weighted by Gasteiger charge is -2.36. The first-order chi connectivity index (χ1) is 20.9. The van der Waals surface area contributed by atoms with Gasteiger partial charge in [0.1, 0.15) is 5.56 Å². The Bertz CT molecular complexity index is 1480. The lowest BCUT2D eigenvalue weighted by Crippen LogP contribution is -2.49. The summed E-state index contributed by atoms with van der Waals surface area (Å²) in [6.07, 6.45) is -7.47. The Kier molecular flexibility index (Phi) is 10.7. The van der Waals surface area contributed by atoms with E-state index in [1.54, 1.807) is 40.1 Å². The highest BCUT2D eigenvalue weighted by Gasteiger charge is 2.38.